The molecule has 1 aromatic carbocycles. The maximum absolute atomic E-state index is 12.0. The molecule has 4 nitrogen and oxygen atoms in total. The van der Waals surface area contributed by atoms with Crippen molar-refractivity contribution >= 4 is 21.3 Å². The number of allylic oxidation sites excluding steroid dienone is 1. The molecule has 0 radical (unpaired) electrons. The van der Waals surface area contributed by atoms with Crippen LogP contribution in [0.25, 0.3) is 5.57 Å². The van der Waals surface area contributed by atoms with E-state index in [1.807, 2.05) is 37.3 Å². The Morgan fingerprint density at radius 3 is 2.50 bits per heavy atom. The number of hydrogen-bond acceptors (Lipinski definition) is 3. The first-order valence-electron chi connectivity index (χ1n) is 6.56. The van der Waals surface area contributed by atoms with E-state index >= 15 is 0 Å². The first-order chi connectivity index (χ1) is 9.30. The molecule has 5 heteroatoms. The van der Waals surface area contributed by atoms with Gasteiger partial charge in [0.05, 0.1) is 17.0 Å². The van der Waals surface area contributed by atoms with Crippen LogP contribution < -0.4 is 5.32 Å². The van der Waals surface area contributed by atoms with Crippen LogP contribution in [-0.4, -0.2) is 31.4 Å². The molecule has 1 saturated heterocycles. The van der Waals surface area contributed by atoms with Crippen molar-refractivity contribution in [3.8, 4) is 0 Å². The molecule has 1 amide bonds. The zero-order chi connectivity index (χ0) is 14.8. The summed E-state index contributed by atoms with van der Waals surface area (Å²) in [6.45, 7) is 3.64. The molecule has 1 fully saturated rings. The maximum Gasteiger partial charge on any atom is 0.244 e. The summed E-state index contributed by atoms with van der Waals surface area (Å²) in [6.07, 6.45) is 1.99. The summed E-state index contributed by atoms with van der Waals surface area (Å²) in [6, 6.07) is 9.61. The van der Waals surface area contributed by atoms with Crippen LogP contribution in [0, 0.1) is 0 Å². The minimum Gasteiger partial charge on any atom is -0.346 e. The summed E-state index contributed by atoms with van der Waals surface area (Å²) in [7, 11) is -3.02. The Bertz CT molecular complexity index is 634. The first kappa shape index (κ1) is 14.8. The lowest BCUT2D eigenvalue weighted by Gasteiger charge is -2.23. The van der Waals surface area contributed by atoms with Gasteiger partial charge < -0.3 is 5.32 Å². The van der Waals surface area contributed by atoms with Crippen LogP contribution in [0.3, 0.4) is 0 Å². The average molecular weight is 293 g/mol. The van der Waals surface area contributed by atoms with Gasteiger partial charge in [0.15, 0.2) is 9.84 Å². The van der Waals surface area contributed by atoms with Gasteiger partial charge in [-0.1, -0.05) is 30.3 Å². The molecule has 1 aromatic rings. The number of carbonyl (C=O) groups excluding carboxylic acids is 1. The van der Waals surface area contributed by atoms with E-state index < -0.39 is 15.4 Å². The van der Waals surface area contributed by atoms with Crippen LogP contribution in [-0.2, 0) is 14.6 Å². The molecule has 0 bridgehead atoms. The minimum absolute atomic E-state index is 0.0178. The summed E-state index contributed by atoms with van der Waals surface area (Å²) in [5, 5.41) is 2.82. The second-order valence-corrected chi connectivity index (χ2v) is 7.77. The Labute approximate surface area is 119 Å². The predicted molar refractivity (Wildman–Crippen MR) is 79.9 cm³/mol. The highest BCUT2D eigenvalue weighted by atomic mass is 32.2. The summed E-state index contributed by atoms with van der Waals surface area (Å²) in [4.78, 5) is 12.0. The fourth-order valence-corrected chi connectivity index (χ4v) is 4.52. The lowest BCUT2D eigenvalue weighted by atomic mass is 10.0. The zero-order valence-electron chi connectivity index (χ0n) is 11.7. The van der Waals surface area contributed by atoms with Crippen LogP contribution in [0.4, 0.5) is 0 Å². The molecule has 1 N–H and O–H groups in total. The molecule has 2 rings (SSSR count). The first-order valence-corrected chi connectivity index (χ1v) is 8.38. The van der Waals surface area contributed by atoms with Crippen molar-refractivity contribution in [1.29, 1.82) is 0 Å². The van der Waals surface area contributed by atoms with Crippen LogP contribution in [0.1, 0.15) is 25.8 Å². The Balaban J connectivity index is 2.06. The minimum atomic E-state index is -3.02. The molecule has 1 aliphatic rings. The van der Waals surface area contributed by atoms with Gasteiger partial charge in [-0.3, -0.25) is 4.79 Å². The van der Waals surface area contributed by atoms with E-state index in [1.165, 1.54) is 6.08 Å². The SMILES string of the molecule is C/C(=C/C(=O)NC1(C)CCS(=O)(=O)C1)c1ccccc1. The van der Waals surface area contributed by atoms with Crippen molar-refractivity contribution in [1.82, 2.24) is 5.32 Å². The average Bonchev–Trinajstić information content (AvgIpc) is 2.64. The van der Waals surface area contributed by atoms with Gasteiger partial charge in [0, 0.05) is 6.08 Å². The molecule has 0 saturated carbocycles. The van der Waals surface area contributed by atoms with E-state index in [9.17, 15) is 13.2 Å². The van der Waals surface area contributed by atoms with Crippen molar-refractivity contribution in [3.63, 3.8) is 0 Å². The molecule has 1 unspecified atom stereocenters. The van der Waals surface area contributed by atoms with Crippen molar-refractivity contribution in [3.05, 3.63) is 42.0 Å². The third-order valence-corrected chi connectivity index (χ3v) is 5.41. The number of hydrogen-bond donors (Lipinski definition) is 1. The van der Waals surface area contributed by atoms with Gasteiger partial charge in [-0.2, -0.15) is 0 Å². The van der Waals surface area contributed by atoms with Gasteiger partial charge in [0.25, 0.3) is 0 Å². The van der Waals surface area contributed by atoms with Gasteiger partial charge in [-0.05, 0) is 31.4 Å². The molecule has 0 aliphatic carbocycles. The van der Waals surface area contributed by atoms with Crippen LogP contribution in [0.5, 0.6) is 0 Å². The number of benzene rings is 1. The third kappa shape index (κ3) is 3.70. The lowest BCUT2D eigenvalue weighted by Crippen LogP contribution is -2.46. The summed E-state index contributed by atoms with van der Waals surface area (Å²) in [5.41, 5.74) is 1.18. The van der Waals surface area contributed by atoms with Crippen molar-refractivity contribution in [2.24, 2.45) is 0 Å². The summed E-state index contributed by atoms with van der Waals surface area (Å²) in [5.74, 6) is -0.0827. The van der Waals surface area contributed by atoms with Gasteiger partial charge in [-0.25, -0.2) is 8.42 Å². The fraction of sp³-hybridized carbons (Fsp3) is 0.400. The van der Waals surface area contributed by atoms with Crippen molar-refractivity contribution < 1.29 is 13.2 Å². The van der Waals surface area contributed by atoms with Crippen LogP contribution >= 0.6 is 0 Å². The van der Waals surface area contributed by atoms with E-state index in [2.05, 4.69) is 5.32 Å². The second kappa shape index (κ2) is 5.40. The molecule has 1 heterocycles. The molecule has 0 aromatic heterocycles. The van der Waals surface area contributed by atoms with Gasteiger partial charge in [0.1, 0.15) is 0 Å². The molecule has 0 spiro atoms. The molecule has 1 aliphatic heterocycles. The van der Waals surface area contributed by atoms with E-state index in [4.69, 9.17) is 0 Å². The topological polar surface area (TPSA) is 63.2 Å². The Hall–Kier alpha value is -1.62. The number of nitrogens with one attached hydrogen (secondary N) is 1. The Morgan fingerprint density at radius 1 is 1.30 bits per heavy atom. The van der Waals surface area contributed by atoms with Gasteiger partial charge in [0.2, 0.25) is 5.91 Å². The summed E-state index contributed by atoms with van der Waals surface area (Å²) >= 11 is 0. The largest absolute Gasteiger partial charge is 0.346 e. The molecular weight excluding hydrogens is 274 g/mol. The smallest absolute Gasteiger partial charge is 0.244 e. The monoisotopic (exact) mass is 293 g/mol. The van der Waals surface area contributed by atoms with E-state index in [0.29, 0.717) is 6.42 Å². The quantitative estimate of drug-likeness (QED) is 0.864. The fourth-order valence-electron chi connectivity index (χ4n) is 2.42. The lowest BCUT2D eigenvalue weighted by molar-refractivity contribution is -0.117. The third-order valence-electron chi connectivity index (χ3n) is 3.51. The van der Waals surface area contributed by atoms with Crippen molar-refractivity contribution in [2.75, 3.05) is 11.5 Å². The maximum atomic E-state index is 12.0. The number of rotatable bonds is 3. The van der Waals surface area contributed by atoms with Crippen molar-refractivity contribution in [2.45, 2.75) is 25.8 Å². The van der Waals surface area contributed by atoms with E-state index in [1.54, 1.807) is 6.92 Å². The summed E-state index contributed by atoms with van der Waals surface area (Å²) < 4.78 is 23.0. The number of sulfone groups is 1. The number of carbonyl (C=O) groups is 1. The highest BCUT2D eigenvalue weighted by Gasteiger charge is 2.39. The highest BCUT2D eigenvalue weighted by molar-refractivity contribution is 7.91. The molecular formula is C15H19NO3S. The van der Waals surface area contributed by atoms with Gasteiger partial charge >= 0.3 is 0 Å². The standard InChI is InChI=1S/C15H19NO3S/c1-12(13-6-4-3-5-7-13)10-14(17)16-15(2)8-9-20(18,19)11-15/h3-7,10H,8-9,11H2,1-2H3,(H,16,17)/b12-10-. The predicted octanol–water partition coefficient (Wildman–Crippen LogP) is 1.78. The Morgan fingerprint density at radius 2 is 1.95 bits per heavy atom. The number of amides is 1. The molecule has 1 atom stereocenters. The molecule has 108 valence electrons. The van der Waals surface area contributed by atoms with Crippen LogP contribution in [0.2, 0.25) is 0 Å². The normalized spacial score (nSPS) is 25.4. The second-order valence-electron chi connectivity index (χ2n) is 5.59. The zero-order valence-corrected chi connectivity index (χ0v) is 12.5. The van der Waals surface area contributed by atoms with Gasteiger partial charge in [-0.15, -0.1) is 0 Å². The van der Waals surface area contributed by atoms with Crippen LogP contribution in [0.15, 0.2) is 36.4 Å². The van der Waals surface area contributed by atoms with E-state index in [-0.39, 0.29) is 17.4 Å². The molecule has 20 heavy (non-hydrogen) atoms. The Kier molecular flexibility index (Phi) is 3.99. The van der Waals surface area contributed by atoms with E-state index in [0.717, 1.165) is 11.1 Å². The highest BCUT2D eigenvalue weighted by Crippen LogP contribution is 2.23.